The summed E-state index contributed by atoms with van der Waals surface area (Å²) in [4.78, 5) is 21.6. The third-order valence-corrected chi connectivity index (χ3v) is 4.11. The van der Waals surface area contributed by atoms with Crippen molar-refractivity contribution in [2.45, 2.75) is 31.8 Å². The lowest BCUT2D eigenvalue weighted by Gasteiger charge is -2.26. The minimum absolute atomic E-state index is 0.00546. The van der Waals surface area contributed by atoms with Crippen molar-refractivity contribution < 1.29 is 27.5 Å². The minimum Gasteiger partial charge on any atom is -0.409 e. The molecule has 86 valence electrons. The first kappa shape index (κ1) is 12.0. The number of esters is 2. The monoisotopic (exact) mass is 236 g/mol. The molecule has 0 spiro atoms. The number of hydrogen-bond acceptors (Lipinski definition) is 6. The van der Waals surface area contributed by atoms with Gasteiger partial charge in [0.2, 0.25) is 9.84 Å². The zero-order chi connectivity index (χ0) is 11.7. The number of sulfone groups is 1. The van der Waals surface area contributed by atoms with E-state index in [1.165, 1.54) is 0 Å². The van der Waals surface area contributed by atoms with Crippen molar-refractivity contribution in [1.82, 2.24) is 0 Å². The smallest absolute Gasteiger partial charge is 0.360 e. The highest BCUT2D eigenvalue weighted by molar-refractivity contribution is 7.92. The van der Waals surface area contributed by atoms with Crippen molar-refractivity contribution in [3.05, 3.63) is 0 Å². The van der Waals surface area contributed by atoms with Crippen LogP contribution >= 0.6 is 0 Å². The lowest BCUT2D eigenvalue weighted by atomic mass is 10.3. The Bertz CT molecular complexity index is 366. The second kappa shape index (κ2) is 3.80. The van der Waals surface area contributed by atoms with Crippen LogP contribution in [0, 0.1) is 0 Å². The Kier molecular flexibility index (Phi) is 3.03. The van der Waals surface area contributed by atoms with Crippen molar-refractivity contribution in [3.8, 4) is 0 Å². The van der Waals surface area contributed by atoms with Gasteiger partial charge in [-0.15, -0.1) is 0 Å². The molecule has 6 nitrogen and oxygen atoms in total. The summed E-state index contributed by atoms with van der Waals surface area (Å²) in [5, 5.41) is -2.09. The molecule has 1 aliphatic heterocycles. The van der Waals surface area contributed by atoms with Crippen LogP contribution in [0.15, 0.2) is 0 Å². The molecule has 0 unspecified atom stereocenters. The van der Waals surface area contributed by atoms with Gasteiger partial charge in [0.25, 0.3) is 0 Å². The quantitative estimate of drug-likeness (QED) is 0.494. The molecule has 1 rings (SSSR count). The molecule has 1 saturated heterocycles. The SMILES string of the molecule is CC(=O)OC1(OC(C)=O)CCCS1(=O)=O. The summed E-state index contributed by atoms with van der Waals surface area (Å²) in [6, 6.07) is 0. The molecule has 0 N–H and O–H groups in total. The van der Waals surface area contributed by atoms with Crippen LogP contribution < -0.4 is 0 Å². The molecule has 0 bridgehead atoms. The van der Waals surface area contributed by atoms with Gasteiger partial charge in [-0.1, -0.05) is 0 Å². The van der Waals surface area contributed by atoms with Gasteiger partial charge in [0.15, 0.2) is 0 Å². The Hall–Kier alpha value is -1.11. The molecule has 0 aromatic rings. The van der Waals surface area contributed by atoms with Crippen LogP contribution in [0.2, 0.25) is 0 Å². The summed E-state index contributed by atoms with van der Waals surface area (Å²) in [5.74, 6) is -1.73. The Labute approximate surface area is 87.5 Å². The average Bonchev–Trinajstić information content (AvgIpc) is 2.24. The van der Waals surface area contributed by atoms with Gasteiger partial charge in [-0.25, -0.2) is 8.42 Å². The maximum absolute atomic E-state index is 11.6. The normalized spacial score (nSPS) is 22.0. The van der Waals surface area contributed by atoms with Gasteiger partial charge in [-0.05, 0) is 6.42 Å². The van der Waals surface area contributed by atoms with Crippen molar-refractivity contribution in [3.63, 3.8) is 0 Å². The van der Waals surface area contributed by atoms with Crippen LogP contribution in [0.5, 0.6) is 0 Å². The zero-order valence-corrected chi connectivity index (χ0v) is 9.30. The maximum atomic E-state index is 11.6. The zero-order valence-electron chi connectivity index (χ0n) is 8.48. The Balaban J connectivity index is 3.06. The molecule has 0 radical (unpaired) electrons. The fraction of sp³-hybridized carbons (Fsp3) is 0.750. The van der Waals surface area contributed by atoms with Gasteiger partial charge in [0.05, 0.1) is 5.75 Å². The largest absolute Gasteiger partial charge is 0.409 e. The first-order valence-corrected chi connectivity index (χ1v) is 6.06. The second-order valence-corrected chi connectivity index (χ2v) is 5.55. The molecule has 1 aliphatic rings. The molecule has 0 aromatic carbocycles. The van der Waals surface area contributed by atoms with Crippen LogP contribution in [-0.2, 0) is 28.9 Å². The van der Waals surface area contributed by atoms with Crippen molar-refractivity contribution in [2.24, 2.45) is 0 Å². The second-order valence-electron chi connectivity index (χ2n) is 3.29. The molecular formula is C8H12O6S. The van der Waals surface area contributed by atoms with E-state index in [0.29, 0.717) is 6.42 Å². The van der Waals surface area contributed by atoms with Crippen molar-refractivity contribution in [1.29, 1.82) is 0 Å². The van der Waals surface area contributed by atoms with E-state index in [0.717, 1.165) is 13.8 Å². The number of ether oxygens (including phenoxy) is 2. The highest BCUT2D eigenvalue weighted by atomic mass is 32.2. The molecule has 15 heavy (non-hydrogen) atoms. The topological polar surface area (TPSA) is 86.7 Å². The molecule has 0 saturated carbocycles. The molecule has 0 aromatic heterocycles. The fourth-order valence-corrected chi connectivity index (χ4v) is 3.26. The summed E-state index contributed by atoms with van der Waals surface area (Å²) >= 11 is 0. The number of rotatable bonds is 2. The van der Waals surface area contributed by atoms with E-state index in [1.807, 2.05) is 0 Å². The minimum atomic E-state index is -3.72. The molecule has 1 heterocycles. The summed E-state index contributed by atoms with van der Waals surface area (Å²) < 4.78 is 32.5. The maximum Gasteiger partial charge on any atom is 0.360 e. The van der Waals surface area contributed by atoms with Gasteiger partial charge < -0.3 is 9.47 Å². The summed E-state index contributed by atoms with van der Waals surface area (Å²) in [6.45, 7) is 2.14. The number of hydrogen-bond donors (Lipinski definition) is 0. The van der Waals surface area contributed by atoms with E-state index in [9.17, 15) is 18.0 Å². The van der Waals surface area contributed by atoms with Crippen molar-refractivity contribution >= 4 is 21.8 Å². The van der Waals surface area contributed by atoms with E-state index < -0.39 is 26.9 Å². The fourth-order valence-electron chi connectivity index (χ4n) is 1.48. The van der Waals surface area contributed by atoms with Crippen LogP contribution in [0.25, 0.3) is 0 Å². The van der Waals surface area contributed by atoms with E-state index in [-0.39, 0.29) is 12.2 Å². The van der Waals surface area contributed by atoms with Gasteiger partial charge in [0, 0.05) is 20.3 Å². The first-order chi connectivity index (χ1) is 6.79. The van der Waals surface area contributed by atoms with E-state index in [1.54, 1.807) is 0 Å². The van der Waals surface area contributed by atoms with E-state index in [2.05, 4.69) is 9.47 Å². The predicted octanol–water partition coefficient (Wildman–Crippen LogP) is -0.0250. The van der Waals surface area contributed by atoms with Gasteiger partial charge in [-0.2, -0.15) is 0 Å². The van der Waals surface area contributed by atoms with E-state index in [4.69, 9.17) is 0 Å². The van der Waals surface area contributed by atoms with Crippen LogP contribution in [0.1, 0.15) is 26.7 Å². The Morgan fingerprint density at radius 2 is 1.60 bits per heavy atom. The molecule has 0 aliphatic carbocycles. The summed E-state index contributed by atoms with van der Waals surface area (Å²) in [7, 11) is -3.72. The number of carbonyl (C=O) groups excluding carboxylic acids is 2. The average molecular weight is 236 g/mol. The van der Waals surface area contributed by atoms with Crippen molar-refractivity contribution in [2.75, 3.05) is 5.75 Å². The molecule has 0 amide bonds. The highest BCUT2D eigenvalue weighted by Crippen LogP contribution is 2.35. The highest BCUT2D eigenvalue weighted by Gasteiger charge is 2.54. The molecular weight excluding hydrogens is 224 g/mol. The molecule has 7 heteroatoms. The lowest BCUT2D eigenvalue weighted by Crippen LogP contribution is -2.43. The third kappa shape index (κ3) is 2.28. The van der Waals surface area contributed by atoms with Crippen LogP contribution in [-0.4, -0.2) is 31.2 Å². The standard InChI is InChI=1S/C8H12O6S/c1-6(9)13-8(14-7(2)10)4-3-5-15(8,11)12/h3-5H2,1-2H3. The Morgan fingerprint density at radius 3 is 1.87 bits per heavy atom. The lowest BCUT2D eigenvalue weighted by molar-refractivity contribution is -0.197. The van der Waals surface area contributed by atoms with E-state index >= 15 is 0 Å². The van der Waals surface area contributed by atoms with Crippen LogP contribution in [0.4, 0.5) is 0 Å². The first-order valence-electron chi connectivity index (χ1n) is 4.40. The van der Waals surface area contributed by atoms with Gasteiger partial charge in [-0.3, -0.25) is 9.59 Å². The third-order valence-electron chi connectivity index (χ3n) is 1.97. The summed E-state index contributed by atoms with van der Waals surface area (Å²) in [5.41, 5.74) is 0. The molecule has 0 atom stereocenters. The predicted molar refractivity (Wildman–Crippen MR) is 49.3 cm³/mol. The summed E-state index contributed by atoms with van der Waals surface area (Å²) in [6.07, 6.45) is 0.303. The van der Waals surface area contributed by atoms with Crippen LogP contribution in [0.3, 0.4) is 0 Å². The van der Waals surface area contributed by atoms with Gasteiger partial charge in [0.1, 0.15) is 0 Å². The number of carbonyl (C=O) groups is 2. The molecule has 1 fully saturated rings. The van der Waals surface area contributed by atoms with Gasteiger partial charge >= 0.3 is 17.1 Å². The Morgan fingerprint density at radius 1 is 1.13 bits per heavy atom.